The third-order valence-electron chi connectivity index (χ3n) is 4.20. The van der Waals surface area contributed by atoms with Gasteiger partial charge in [0.15, 0.2) is 0 Å². The van der Waals surface area contributed by atoms with E-state index in [4.69, 9.17) is 12.2 Å². The summed E-state index contributed by atoms with van der Waals surface area (Å²) in [5.41, 5.74) is 1.90. The summed E-state index contributed by atoms with van der Waals surface area (Å²) in [5.74, 6) is -0.493. The van der Waals surface area contributed by atoms with Gasteiger partial charge in [-0.2, -0.15) is 0 Å². The standard InChI is InChI=1S/C16H11BrN2O2S/c17-10-5-4-9-14-8(10)2-1-3-11(14)19(16(9)22)12-6-7-13(20)18-15(12)21/h1-5,12H,6-7H2,(H,18,20,21). The summed E-state index contributed by atoms with van der Waals surface area (Å²) in [6, 6.07) is 9.48. The van der Waals surface area contributed by atoms with Crippen LogP contribution in [0.3, 0.4) is 0 Å². The van der Waals surface area contributed by atoms with Gasteiger partial charge >= 0.3 is 0 Å². The molecule has 22 heavy (non-hydrogen) atoms. The lowest BCUT2D eigenvalue weighted by molar-refractivity contribution is -0.133. The van der Waals surface area contributed by atoms with Crippen molar-refractivity contribution in [2.45, 2.75) is 18.9 Å². The zero-order chi connectivity index (χ0) is 15.4. The van der Waals surface area contributed by atoms with Crippen LogP contribution in [0.1, 0.15) is 18.4 Å². The number of hydrogen-bond donors (Lipinski definition) is 1. The second-order valence-electron chi connectivity index (χ2n) is 5.44. The van der Waals surface area contributed by atoms with Gasteiger partial charge in [-0.25, -0.2) is 0 Å². The van der Waals surface area contributed by atoms with Gasteiger partial charge in [0.05, 0.1) is 5.69 Å². The molecule has 0 aliphatic carbocycles. The Balaban J connectivity index is 1.89. The van der Waals surface area contributed by atoms with Gasteiger partial charge in [-0.1, -0.05) is 46.3 Å². The molecular formula is C16H11BrN2O2S. The van der Waals surface area contributed by atoms with E-state index in [-0.39, 0.29) is 11.8 Å². The predicted molar refractivity (Wildman–Crippen MR) is 92.0 cm³/mol. The van der Waals surface area contributed by atoms with Gasteiger partial charge < -0.3 is 4.90 Å². The van der Waals surface area contributed by atoms with Crippen molar-refractivity contribution in [1.29, 1.82) is 0 Å². The average Bonchev–Trinajstić information content (AvgIpc) is 2.77. The molecule has 6 heteroatoms. The van der Waals surface area contributed by atoms with E-state index in [1.165, 1.54) is 0 Å². The summed E-state index contributed by atoms with van der Waals surface area (Å²) in [6.45, 7) is 0. The van der Waals surface area contributed by atoms with Gasteiger partial charge in [0, 0.05) is 21.8 Å². The van der Waals surface area contributed by atoms with E-state index in [0.717, 1.165) is 26.5 Å². The first-order valence-electron chi connectivity index (χ1n) is 6.96. The summed E-state index contributed by atoms with van der Waals surface area (Å²) in [7, 11) is 0. The molecule has 0 bridgehead atoms. The number of nitrogens with one attached hydrogen (secondary N) is 1. The van der Waals surface area contributed by atoms with Crippen molar-refractivity contribution < 1.29 is 9.59 Å². The van der Waals surface area contributed by atoms with Gasteiger partial charge in [-0.05, 0) is 23.9 Å². The Morgan fingerprint density at radius 2 is 2.05 bits per heavy atom. The molecule has 4 rings (SSSR count). The van der Waals surface area contributed by atoms with E-state index in [2.05, 4.69) is 21.2 Å². The Bertz CT molecular complexity index is 865. The maximum absolute atomic E-state index is 12.2. The minimum Gasteiger partial charge on any atom is -0.319 e. The second-order valence-corrected chi connectivity index (χ2v) is 6.68. The number of rotatable bonds is 1. The Morgan fingerprint density at radius 1 is 1.23 bits per heavy atom. The number of hydrogen-bond acceptors (Lipinski definition) is 3. The van der Waals surface area contributed by atoms with Crippen LogP contribution in [-0.2, 0) is 9.59 Å². The van der Waals surface area contributed by atoms with Gasteiger partial charge in [-0.15, -0.1) is 0 Å². The molecule has 2 heterocycles. The Labute approximate surface area is 140 Å². The quantitative estimate of drug-likeness (QED) is 0.615. The average molecular weight is 375 g/mol. The number of imide groups is 1. The topological polar surface area (TPSA) is 49.4 Å². The maximum Gasteiger partial charge on any atom is 0.249 e. The smallest absolute Gasteiger partial charge is 0.249 e. The minimum atomic E-state index is -0.429. The number of thiocarbonyl (C=S) groups is 1. The van der Waals surface area contributed by atoms with Crippen LogP contribution in [0.15, 0.2) is 34.8 Å². The highest BCUT2D eigenvalue weighted by Crippen LogP contribution is 2.42. The molecule has 0 saturated carbocycles. The highest BCUT2D eigenvalue weighted by Gasteiger charge is 2.38. The molecule has 4 nitrogen and oxygen atoms in total. The molecule has 2 aliphatic rings. The van der Waals surface area contributed by atoms with Gasteiger partial charge in [0.1, 0.15) is 11.0 Å². The molecule has 0 aromatic heterocycles. The molecular weight excluding hydrogens is 364 g/mol. The van der Waals surface area contributed by atoms with Gasteiger partial charge in [0.2, 0.25) is 11.8 Å². The Kier molecular flexibility index (Phi) is 3.06. The maximum atomic E-state index is 12.2. The van der Waals surface area contributed by atoms with Crippen molar-refractivity contribution in [2.24, 2.45) is 0 Å². The lowest BCUT2D eigenvalue weighted by Crippen LogP contribution is -2.53. The van der Waals surface area contributed by atoms with Crippen molar-refractivity contribution >= 4 is 61.4 Å². The first-order chi connectivity index (χ1) is 10.6. The molecule has 0 spiro atoms. The predicted octanol–water partition coefficient (Wildman–Crippen LogP) is 2.90. The van der Waals surface area contributed by atoms with Crippen LogP contribution in [-0.4, -0.2) is 22.8 Å². The van der Waals surface area contributed by atoms with Crippen LogP contribution < -0.4 is 10.2 Å². The molecule has 1 unspecified atom stereocenters. The zero-order valence-electron chi connectivity index (χ0n) is 11.4. The summed E-state index contributed by atoms with van der Waals surface area (Å²) in [4.78, 5) is 26.1. The Morgan fingerprint density at radius 3 is 2.82 bits per heavy atom. The molecule has 1 fully saturated rings. The lowest BCUT2D eigenvalue weighted by Gasteiger charge is -2.31. The van der Waals surface area contributed by atoms with Gasteiger partial charge in [0.25, 0.3) is 0 Å². The summed E-state index contributed by atoms with van der Waals surface area (Å²) >= 11 is 9.17. The highest BCUT2D eigenvalue weighted by atomic mass is 79.9. The van der Waals surface area contributed by atoms with E-state index < -0.39 is 6.04 Å². The molecule has 2 amide bonds. The number of carbonyl (C=O) groups is 2. The number of amides is 2. The van der Waals surface area contributed by atoms with Crippen LogP contribution in [0.25, 0.3) is 10.8 Å². The fraction of sp³-hybridized carbons (Fsp3) is 0.188. The molecule has 0 radical (unpaired) electrons. The number of benzene rings is 2. The number of carbonyl (C=O) groups excluding carboxylic acids is 2. The zero-order valence-corrected chi connectivity index (χ0v) is 13.8. The van der Waals surface area contributed by atoms with Gasteiger partial charge in [-0.3, -0.25) is 14.9 Å². The van der Waals surface area contributed by atoms with E-state index in [1.807, 2.05) is 35.2 Å². The molecule has 2 aromatic rings. The molecule has 2 aliphatic heterocycles. The summed E-state index contributed by atoms with van der Waals surface area (Å²) in [5, 5.41) is 4.55. The second kappa shape index (κ2) is 4.86. The fourth-order valence-electron chi connectivity index (χ4n) is 3.21. The summed E-state index contributed by atoms with van der Waals surface area (Å²) in [6.07, 6.45) is 0.821. The third-order valence-corrected chi connectivity index (χ3v) is 5.30. The molecule has 1 saturated heterocycles. The van der Waals surface area contributed by atoms with Crippen LogP contribution in [0.4, 0.5) is 5.69 Å². The lowest BCUT2D eigenvalue weighted by atomic mass is 10.0. The van der Waals surface area contributed by atoms with Crippen LogP contribution in [0.5, 0.6) is 0 Å². The first-order valence-corrected chi connectivity index (χ1v) is 8.16. The van der Waals surface area contributed by atoms with Crippen LogP contribution in [0.2, 0.25) is 0 Å². The van der Waals surface area contributed by atoms with E-state index >= 15 is 0 Å². The van der Waals surface area contributed by atoms with E-state index in [1.54, 1.807) is 0 Å². The van der Waals surface area contributed by atoms with E-state index in [0.29, 0.717) is 17.8 Å². The normalized spacial score (nSPS) is 20.7. The molecule has 110 valence electrons. The number of nitrogens with zero attached hydrogens (tertiary/aromatic N) is 1. The largest absolute Gasteiger partial charge is 0.319 e. The van der Waals surface area contributed by atoms with Crippen molar-refractivity contribution in [1.82, 2.24) is 5.32 Å². The Hall–Kier alpha value is -1.79. The minimum absolute atomic E-state index is 0.218. The van der Waals surface area contributed by atoms with Crippen molar-refractivity contribution in [3.8, 4) is 0 Å². The molecule has 1 atom stereocenters. The van der Waals surface area contributed by atoms with Crippen molar-refractivity contribution in [3.63, 3.8) is 0 Å². The summed E-state index contributed by atoms with van der Waals surface area (Å²) < 4.78 is 1.00. The van der Waals surface area contributed by atoms with Crippen molar-refractivity contribution in [3.05, 3.63) is 40.4 Å². The first kappa shape index (κ1) is 13.8. The number of piperidine rings is 1. The number of halogens is 1. The molecule has 2 aromatic carbocycles. The van der Waals surface area contributed by atoms with Crippen LogP contribution >= 0.6 is 28.1 Å². The fourth-order valence-corrected chi connectivity index (χ4v) is 4.07. The van der Waals surface area contributed by atoms with Crippen molar-refractivity contribution in [2.75, 3.05) is 4.90 Å². The molecule has 1 N–H and O–H groups in total. The van der Waals surface area contributed by atoms with E-state index in [9.17, 15) is 9.59 Å². The number of anilines is 1. The SMILES string of the molecule is O=C1CCC(N2C(=S)c3ccc(Br)c4cccc2c34)C(=O)N1. The third kappa shape index (κ3) is 1.84. The van der Waals surface area contributed by atoms with Crippen LogP contribution in [0, 0.1) is 0 Å². The highest BCUT2D eigenvalue weighted by molar-refractivity contribution is 9.10. The monoisotopic (exact) mass is 374 g/mol.